The van der Waals surface area contributed by atoms with Gasteiger partial charge in [0.2, 0.25) is 0 Å². The number of fused-ring (bicyclic) bond motifs is 1. The highest BCUT2D eigenvalue weighted by molar-refractivity contribution is 6.31. The van der Waals surface area contributed by atoms with E-state index in [2.05, 4.69) is 15.6 Å². The van der Waals surface area contributed by atoms with E-state index in [-0.39, 0.29) is 0 Å². The van der Waals surface area contributed by atoms with Gasteiger partial charge in [0.05, 0.1) is 0 Å². The first-order valence-electron chi connectivity index (χ1n) is 6.34. The second-order valence-electron chi connectivity index (χ2n) is 4.70. The number of nitrogens with one attached hydrogen (secondary N) is 2. The molecule has 3 rings (SSSR count). The number of anilines is 1. The van der Waals surface area contributed by atoms with E-state index in [1.807, 2.05) is 30.5 Å². The van der Waals surface area contributed by atoms with Crippen molar-refractivity contribution in [2.24, 2.45) is 0 Å². The molecule has 0 bridgehead atoms. The Balaban J connectivity index is 1.82. The summed E-state index contributed by atoms with van der Waals surface area (Å²) in [5.74, 6) is 0.942. The molecule has 2 N–H and O–H groups in total. The Morgan fingerprint density at radius 2 is 2.33 bits per heavy atom. The zero-order valence-electron chi connectivity index (χ0n) is 10.1. The summed E-state index contributed by atoms with van der Waals surface area (Å²) in [5, 5.41) is 9.92. The number of pyridine rings is 1. The molecule has 0 radical (unpaired) electrons. The summed E-state index contributed by atoms with van der Waals surface area (Å²) in [6.45, 7) is 2.06. The van der Waals surface area contributed by atoms with Gasteiger partial charge in [0, 0.05) is 29.2 Å². The molecule has 3 nitrogen and oxygen atoms in total. The van der Waals surface area contributed by atoms with Crippen LogP contribution in [-0.4, -0.2) is 24.1 Å². The van der Waals surface area contributed by atoms with Crippen LogP contribution in [0.3, 0.4) is 0 Å². The summed E-state index contributed by atoms with van der Waals surface area (Å²) in [6, 6.07) is 8.45. The Bertz CT molecular complexity index is 550. The SMILES string of the molecule is Clc1ccc2c(NCC3CCCN3)nccc2c1. The highest BCUT2D eigenvalue weighted by Crippen LogP contribution is 2.24. The van der Waals surface area contributed by atoms with Crippen molar-refractivity contribution in [2.45, 2.75) is 18.9 Å². The van der Waals surface area contributed by atoms with Crippen molar-refractivity contribution in [3.63, 3.8) is 0 Å². The Morgan fingerprint density at radius 1 is 1.39 bits per heavy atom. The minimum atomic E-state index is 0.564. The van der Waals surface area contributed by atoms with Gasteiger partial charge in [-0.1, -0.05) is 11.6 Å². The fourth-order valence-electron chi connectivity index (χ4n) is 2.44. The van der Waals surface area contributed by atoms with E-state index in [4.69, 9.17) is 11.6 Å². The lowest BCUT2D eigenvalue weighted by atomic mass is 10.1. The highest BCUT2D eigenvalue weighted by Gasteiger charge is 2.13. The van der Waals surface area contributed by atoms with Crippen LogP contribution in [0.2, 0.25) is 5.02 Å². The van der Waals surface area contributed by atoms with Gasteiger partial charge in [-0.2, -0.15) is 0 Å². The smallest absolute Gasteiger partial charge is 0.133 e. The van der Waals surface area contributed by atoms with E-state index in [0.29, 0.717) is 6.04 Å². The molecule has 4 heteroatoms. The van der Waals surface area contributed by atoms with Gasteiger partial charge >= 0.3 is 0 Å². The highest BCUT2D eigenvalue weighted by atomic mass is 35.5. The molecule has 0 spiro atoms. The number of hydrogen-bond acceptors (Lipinski definition) is 3. The molecule has 2 aromatic rings. The number of nitrogens with zero attached hydrogens (tertiary/aromatic N) is 1. The van der Waals surface area contributed by atoms with Crippen LogP contribution in [-0.2, 0) is 0 Å². The molecule has 1 saturated heterocycles. The van der Waals surface area contributed by atoms with Gasteiger partial charge in [-0.25, -0.2) is 4.98 Å². The molecule has 18 heavy (non-hydrogen) atoms. The monoisotopic (exact) mass is 261 g/mol. The van der Waals surface area contributed by atoms with E-state index >= 15 is 0 Å². The predicted octanol–water partition coefficient (Wildman–Crippen LogP) is 3.05. The van der Waals surface area contributed by atoms with E-state index in [9.17, 15) is 0 Å². The number of halogens is 1. The van der Waals surface area contributed by atoms with Crippen molar-refractivity contribution in [1.29, 1.82) is 0 Å². The number of benzene rings is 1. The third-order valence-corrected chi connectivity index (χ3v) is 3.64. The summed E-state index contributed by atoms with van der Waals surface area (Å²) in [4.78, 5) is 4.42. The average molecular weight is 262 g/mol. The molecular formula is C14H16ClN3. The van der Waals surface area contributed by atoms with Crippen molar-refractivity contribution in [2.75, 3.05) is 18.4 Å². The maximum absolute atomic E-state index is 6.00. The van der Waals surface area contributed by atoms with Crippen LogP contribution in [0.25, 0.3) is 10.8 Å². The Labute approximate surface area is 112 Å². The normalized spacial score (nSPS) is 19.3. The number of rotatable bonds is 3. The molecule has 1 fully saturated rings. The molecule has 0 amide bonds. The van der Waals surface area contributed by atoms with Crippen LogP contribution in [0, 0.1) is 0 Å². The molecule has 1 aliphatic heterocycles. The van der Waals surface area contributed by atoms with Crippen LogP contribution in [0.15, 0.2) is 30.5 Å². The van der Waals surface area contributed by atoms with Crippen molar-refractivity contribution in [3.05, 3.63) is 35.5 Å². The molecule has 1 aromatic carbocycles. The Hall–Kier alpha value is -1.32. The topological polar surface area (TPSA) is 37.0 Å². The van der Waals surface area contributed by atoms with E-state index in [1.165, 1.54) is 12.8 Å². The largest absolute Gasteiger partial charge is 0.368 e. The van der Waals surface area contributed by atoms with Crippen molar-refractivity contribution >= 4 is 28.2 Å². The van der Waals surface area contributed by atoms with Gasteiger partial charge in [0.1, 0.15) is 5.82 Å². The molecule has 0 saturated carbocycles. The van der Waals surface area contributed by atoms with Crippen molar-refractivity contribution < 1.29 is 0 Å². The molecular weight excluding hydrogens is 246 g/mol. The van der Waals surface area contributed by atoms with E-state index < -0.39 is 0 Å². The van der Waals surface area contributed by atoms with Gasteiger partial charge in [-0.3, -0.25) is 0 Å². The minimum Gasteiger partial charge on any atom is -0.368 e. The summed E-state index contributed by atoms with van der Waals surface area (Å²) in [7, 11) is 0. The van der Waals surface area contributed by atoms with Gasteiger partial charge in [-0.05, 0) is 49.0 Å². The van der Waals surface area contributed by atoms with Crippen LogP contribution in [0.4, 0.5) is 5.82 Å². The van der Waals surface area contributed by atoms with Gasteiger partial charge in [0.15, 0.2) is 0 Å². The molecule has 1 atom stereocenters. The third kappa shape index (κ3) is 2.42. The second kappa shape index (κ2) is 5.12. The van der Waals surface area contributed by atoms with Crippen LogP contribution < -0.4 is 10.6 Å². The van der Waals surface area contributed by atoms with Crippen molar-refractivity contribution in [3.8, 4) is 0 Å². The first-order valence-corrected chi connectivity index (χ1v) is 6.72. The lowest BCUT2D eigenvalue weighted by Gasteiger charge is -2.13. The number of hydrogen-bond donors (Lipinski definition) is 2. The maximum Gasteiger partial charge on any atom is 0.133 e. The lowest BCUT2D eigenvalue weighted by Crippen LogP contribution is -2.29. The van der Waals surface area contributed by atoms with Gasteiger partial charge in [0.25, 0.3) is 0 Å². The fourth-order valence-corrected chi connectivity index (χ4v) is 2.62. The molecule has 1 aliphatic rings. The molecule has 2 heterocycles. The maximum atomic E-state index is 6.00. The second-order valence-corrected chi connectivity index (χ2v) is 5.14. The zero-order valence-corrected chi connectivity index (χ0v) is 10.9. The average Bonchev–Trinajstić information content (AvgIpc) is 2.89. The predicted molar refractivity (Wildman–Crippen MR) is 76.3 cm³/mol. The zero-order chi connectivity index (χ0) is 12.4. The molecule has 94 valence electrons. The van der Waals surface area contributed by atoms with E-state index in [1.54, 1.807) is 0 Å². The third-order valence-electron chi connectivity index (χ3n) is 3.40. The first kappa shape index (κ1) is 11.8. The van der Waals surface area contributed by atoms with Crippen molar-refractivity contribution in [1.82, 2.24) is 10.3 Å². The summed E-state index contributed by atoms with van der Waals surface area (Å²) < 4.78 is 0. The molecule has 0 aliphatic carbocycles. The Morgan fingerprint density at radius 3 is 3.17 bits per heavy atom. The minimum absolute atomic E-state index is 0.564. The number of aromatic nitrogens is 1. The van der Waals surface area contributed by atoms with Gasteiger partial charge in [-0.15, -0.1) is 0 Å². The van der Waals surface area contributed by atoms with Crippen LogP contribution in [0.5, 0.6) is 0 Å². The first-order chi connectivity index (χ1) is 8.83. The standard InChI is InChI=1S/C14H16ClN3/c15-11-3-4-13-10(8-11)5-7-17-14(13)18-9-12-2-1-6-16-12/h3-5,7-8,12,16H,1-2,6,9H2,(H,17,18). The van der Waals surface area contributed by atoms with E-state index in [0.717, 1.165) is 34.7 Å². The summed E-state index contributed by atoms with van der Waals surface area (Å²) in [5.41, 5.74) is 0. The lowest BCUT2D eigenvalue weighted by molar-refractivity contribution is 0.633. The quantitative estimate of drug-likeness (QED) is 0.892. The Kier molecular flexibility index (Phi) is 3.35. The molecule has 1 unspecified atom stereocenters. The van der Waals surface area contributed by atoms with Crippen LogP contribution >= 0.6 is 11.6 Å². The summed E-state index contributed by atoms with van der Waals surface area (Å²) >= 11 is 6.00. The fraction of sp³-hybridized carbons (Fsp3) is 0.357. The van der Waals surface area contributed by atoms with Crippen LogP contribution in [0.1, 0.15) is 12.8 Å². The molecule has 1 aromatic heterocycles. The summed E-state index contributed by atoms with van der Waals surface area (Å²) in [6.07, 6.45) is 4.33. The van der Waals surface area contributed by atoms with Gasteiger partial charge < -0.3 is 10.6 Å².